The SMILES string of the molecule is Cc1cc(NS(=O)(=O)c2ccc(N)cc2Cl)ncc1Br. The Balaban J connectivity index is 2.38. The Kier molecular flexibility index (Phi) is 4.22. The molecule has 0 aliphatic rings. The average molecular weight is 377 g/mol. The third-order valence-electron chi connectivity index (χ3n) is 2.53. The molecule has 106 valence electrons. The van der Waals surface area contributed by atoms with E-state index in [2.05, 4.69) is 25.6 Å². The van der Waals surface area contributed by atoms with Crippen molar-refractivity contribution in [3.05, 3.63) is 45.5 Å². The highest BCUT2D eigenvalue weighted by Crippen LogP contribution is 2.26. The summed E-state index contributed by atoms with van der Waals surface area (Å²) in [5, 5.41) is 0.0614. The van der Waals surface area contributed by atoms with Gasteiger partial charge in [0.2, 0.25) is 0 Å². The third kappa shape index (κ3) is 3.23. The van der Waals surface area contributed by atoms with Gasteiger partial charge in [-0.15, -0.1) is 0 Å². The van der Waals surface area contributed by atoms with Crippen LogP contribution >= 0.6 is 27.5 Å². The zero-order valence-corrected chi connectivity index (χ0v) is 13.6. The predicted molar refractivity (Wildman–Crippen MR) is 83.3 cm³/mol. The molecule has 3 N–H and O–H groups in total. The van der Waals surface area contributed by atoms with Gasteiger partial charge in [0.1, 0.15) is 10.7 Å². The molecule has 0 saturated carbocycles. The largest absolute Gasteiger partial charge is 0.399 e. The molecular weight excluding hydrogens is 366 g/mol. The molecule has 0 fully saturated rings. The number of nitrogens with zero attached hydrogens (tertiary/aromatic N) is 1. The van der Waals surface area contributed by atoms with Crippen LogP contribution in [0.25, 0.3) is 0 Å². The number of aryl methyl sites for hydroxylation is 1. The second-order valence-corrected chi connectivity index (χ2v) is 7.03. The van der Waals surface area contributed by atoms with Gasteiger partial charge in [-0.1, -0.05) is 11.6 Å². The number of nitrogens with two attached hydrogens (primary N) is 1. The Morgan fingerprint density at radius 3 is 2.65 bits per heavy atom. The number of benzene rings is 1. The van der Waals surface area contributed by atoms with Crippen molar-refractivity contribution in [1.29, 1.82) is 0 Å². The number of pyridine rings is 1. The summed E-state index contributed by atoms with van der Waals surface area (Å²) in [7, 11) is -3.81. The van der Waals surface area contributed by atoms with Crippen molar-refractivity contribution in [3.63, 3.8) is 0 Å². The summed E-state index contributed by atoms with van der Waals surface area (Å²) in [5.41, 5.74) is 6.80. The van der Waals surface area contributed by atoms with Crippen molar-refractivity contribution in [2.75, 3.05) is 10.5 Å². The van der Waals surface area contributed by atoms with Crippen LogP contribution in [0.4, 0.5) is 11.5 Å². The summed E-state index contributed by atoms with van der Waals surface area (Å²) in [4.78, 5) is 3.95. The molecule has 1 heterocycles. The molecule has 1 aromatic carbocycles. The Morgan fingerprint density at radius 2 is 2.05 bits per heavy atom. The Labute approximate surface area is 130 Å². The number of sulfonamides is 1. The van der Waals surface area contributed by atoms with E-state index in [9.17, 15) is 8.42 Å². The maximum absolute atomic E-state index is 12.2. The Hall–Kier alpha value is -1.31. The van der Waals surface area contributed by atoms with Gasteiger partial charge in [-0.05, 0) is 52.7 Å². The lowest BCUT2D eigenvalue weighted by atomic mass is 10.3. The maximum Gasteiger partial charge on any atom is 0.264 e. The number of nitrogen functional groups attached to an aromatic ring is 1. The van der Waals surface area contributed by atoms with E-state index in [1.807, 2.05) is 6.92 Å². The van der Waals surface area contributed by atoms with Crippen LogP contribution in [0, 0.1) is 6.92 Å². The molecule has 0 radical (unpaired) electrons. The minimum atomic E-state index is -3.81. The summed E-state index contributed by atoms with van der Waals surface area (Å²) in [5.74, 6) is 0.221. The summed E-state index contributed by atoms with van der Waals surface area (Å²) >= 11 is 9.21. The van der Waals surface area contributed by atoms with Gasteiger partial charge in [0.05, 0.1) is 5.02 Å². The summed E-state index contributed by atoms with van der Waals surface area (Å²) < 4.78 is 27.7. The summed E-state index contributed by atoms with van der Waals surface area (Å²) in [6, 6.07) is 5.83. The number of hydrogen-bond acceptors (Lipinski definition) is 4. The fraction of sp³-hybridized carbons (Fsp3) is 0.0833. The first-order chi connectivity index (χ1) is 9.29. The molecule has 0 atom stereocenters. The molecule has 0 amide bonds. The van der Waals surface area contributed by atoms with Gasteiger partial charge in [-0.3, -0.25) is 4.72 Å². The Morgan fingerprint density at radius 1 is 1.35 bits per heavy atom. The van der Waals surface area contributed by atoms with Crippen LogP contribution in [0.15, 0.2) is 39.8 Å². The van der Waals surface area contributed by atoms with Crippen LogP contribution < -0.4 is 10.5 Å². The lowest BCUT2D eigenvalue weighted by molar-refractivity contribution is 0.601. The zero-order chi connectivity index (χ0) is 14.9. The lowest BCUT2D eigenvalue weighted by Gasteiger charge is -2.10. The third-order valence-corrected chi connectivity index (χ3v) is 5.20. The van der Waals surface area contributed by atoms with E-state index in [0.717, 1.165) is 10.0 Å². The molecule has 0 saturated heterocycles. The first-order valence-corrected chi connectivity index (χ1v) is 8.15. The number of nitrogens with one attached hydrogen (secondary N) is 1. The van der Waals surface area contributed by atoms with Gasteiger partial charge in [-0.2, -0.15) is 0 Å². The molecule has 8 heteroatoms. The highest BCUT2D eigenvalue weighted by molar-refractivity contribution is 9.10. The number of aromatic nitrogens is 1. The van der Waals surface area contributed by atoms with Crippen LogP contribution in [0.2, 0.25) is 5.02 Å². The van der Waals surface area contributed by atoms with E-state index < -0.39 is 10.0 Å². The van der Waals surface area contributed by atoms with Gasteiger partial charge >= 0.3 is 0 Å². The quantitative estimate of drug-likeness (QED) is 0.806. The van der Waals surface area contributed by atoms with E-state index in [4.69, 9.17) is 17.3 Å². The minimum Gasteiger partial charge on any atom is -0.399 e. The second-order valence-electron chi connectivity index (χ2n) is 4.11. The van der Waals surface area contributed by atoms with Gasteiger partial charge in [-0.25, -0.2) is 13.4 Å². The number of rotatable bonds is 3. The minimum absolute atomic E-state index is 0.0456. The van der Waals surface area contributed by atoms with Gasteiger partial charge in [0.15, 0.2) is 0 Å². The first kappa shape index (κ1) is 15.1. The van der Waals surface area contributed by atoms with Crippen molar-refractivity contribution in [2.45, 2.75) is 11.8 Å². The monoisotopic (exact) mass is 375 g/mol. The maximum atomic E-state index is 12.2. The fourth-order valence-electron chi connectivity index (χ4n) is 1.52. The molecule has 0 bridgehead atoms. The second kappa shape index (κ2) is 5.59. The predicted octanol–water partition coefficient (Wildman–Crippen LogP) is 3.19. The van der Waals surface area contributed by atoms with Crippen LogP contribution in [-0.4, -0.2) is 13.4 Å². The van der Waals surface area contributed by atoms with E-state index in [1.54, 1.807) is 6.07 Å². The van der Waals surface area contributed by atoms with Crippen molar-refractivity contribution >= 4 is 49.1 Å². The molecule has 0 unspecified atom stereocenters. The van der Waals surface area contributed by atoms with E-state index in [1.165, 1.54) is 24.4 Å². The zero-order valence-electron chi connectivity index (χ0n) is 10.4. The number of halogens is 2. The van der Waals surface area contributed by atoms with Gasteiger partial charge in [0.25, 0.3) is 10.0 Å². The number of hydrogen-bond donors (Lipinski definition) is 2. The lowest BCUT2D eigenvalue weighted by Crippen LogP contribution is -2.14. The van der Waals surface area contributed by atoms with Crippen molar-refractivity contribution < 1.29 is 8.42 Å². The molecular formula is C12H11BrClN3O2S. The van der Waals surface area contributed by atoms with Crippen LogP contribution in [-0.2, 0) is 10.0 Å². The molecule has 1 aromatic heterocycles. The molecule has 0 aliphatic heterocycles. The molecule has 20 heavy (non-hydrogen) atoms. The number of anilines is 2. The molecule has 5 nitrogen and oxygen atoms in total. The summed E-state index contributed by atoms with van der Waals surface area (Å²) in [6.07, 6.45) is 1.53. The molecule has 0 aliphatic carbocycles. The van der Waals surface area contributed by atoms with Crippen LogP contribution in [0.5, 0.6) is 0 Å². The normalized spacial score (nSPS) is 11.3. The highest BCUT2D eigenvalue weighted by atomic mass is 79.9. The van der Waals surface area contributed by atoms with Crippen molar-refractivity contribution in [3.8, 4) is 0 Å². The van der Waals surface area contributed by atoms with E-state index in [0.29, 0.717) is 5.69 Å². The van der Waals surface area contributed by atoms with Gasteiger partial charge in [0, 0.05) is 16.4 Å². The van der Waals surface area contributed by atoms with Gasteiger partial charge < -0.3 is 5.73 Å². The standard InChI is InChI=1S/C12H11BrClN3O2S/c1-7-4-12(16-6-9(7)13)17-20(18,19)11-3-2-8(15)5-10(11)14/h2-6H,15H2,1H3,(H,16,17). The molecule has 2 rings (SSSR count). The van der Waals surface area contributed by atoms with Crippen molar-refractivity contribution in [1.82, 2.24) is 4.98 Å². The first-order valence-electron chi connectivity index (χ1n) is 5.49. The topological polar surface area (TPSA) is 85.1 Å². The molecule has 0 spiro atoms. The Bertz CT molecular complexity index is 765. The summed E-state index contributed by atoms with van der Waals surface area (Å²) in [6.45, 7) is 1.83. The van der Waals surface area contributed by atoms with Crippen LogP contribution in [0.1, 0.15) is 5.56 Å². The van der Waals surface area contributed by atoms with Crippen LogP contribution in [0.3, 0.4) is 0 Å². The molecule has 2 aromatic rings. The average Bonchev–Trinajstić information content (AvgIpc) is 2.33. The smallest absolute Gasteiger partial charge is 0.264 e. The van der Waals surface area contributed by atoms with Crippen molar-refractivity contribution in [2.24, 2.45) is 0 Å². The van der Waals surface area contributed by atoms with E-state index >= 15 is 0 Å². The fourth-order valence-corrected chi connectivity index (χ4v) is 3.29. The highest BCUT2D eigenvalue weighted by Gasteiger charge is 2.18. The van der Waals surface area contributed by atoms with E-state index in [-0.39, 0.29) is 15.7 Å².